The number of ether oxygens (including phenoxy) is 3. The van der Waals surface area contributed by atoms with E-state index in [0.717, 1.165) is 31.6 Å². The molecule has 2 fully saturated rings. The normalized spacial score (nSPS) is 26.5. The Morgan fingerprint density at radius 1 is 1.32 bits per heavy atom. The molecule has 0 bridgehead atoms. The average molecular weight is 305 g/mol. The van der Waals surface area contributed by atoms with Crippen LogP contribution in [0.1, 0.15) is 25.7 Å². The molecule has 1 saturated heterocycles. The van der Waals surface area contributed by atoms with Crippen molar-refractivity contribution in [1.29, 1.82) is 0 Å². The lowest BCUT2D eigenvalue weighted by Gasteiger charge is -2.27. The first-order valence-electron chi connectivity index (χ1n) is 7.87. The lowest BCUT2D eigenvalue weighted by Crippen LogP contribution is -2.41. The molecule has 22 heavy (non-hydrogen) atoms. The van der Waals surface area contributed by atoms with Crippen LogP contribution < -0.4 is 14.8 Å². The van der Waals surface area contributed by atoms with Gasteiger partial charge in [0.2, 0.25) is 0 Å². The van der Waals surface area contributed by atoms with Crippen molar-refractivity contribution in [3.8, 4) is 11.5 Å². The molecule has 0 spiro atoms. The van der Waals surface area contributed by atoms with E-state index in [-0.39, 0.29) is 17.9 Å². The molecule has 1 aromatic rings. The topological polar surface area (TPSA) is 56.8 Å². The van der Waals surface area contributed by atoms with Crippen molar-refractivity contribution in [3.05, 3.63) is 24.3 Å². The summed E-state index contributed by atoms with van der Waals surface area (Å²) in [5.41, 5.74) is 0.162. The predicted octanol–water partition coefficient (Wildman–Crippen LogP) is 2.15. The van der Waals surface area contributed by atoms with E-state index in [0.29, 0.717) is 18.4 Å². The second-order valence-corrected chi connectivity index (χ2v) is 6.10. The minimum Gasteiger partial charge on any atom is -0.497 e. The van der Waals surface area contributed by atoms with E-state index < -0.39 is 0 Å². The molecule has 5 heteroatoms. The maximum Gasteiger partial charge on any atom is 0.257 e. The number of carbonyl (C=O) groups is 1. The summed E-state index contributed by atoms with van der Waals surface area (Å²) >= 11 is 0. The fourth-order valence-electron chi connectivity index (χ4n) is 3.49. The van der Waals surface area contributed by atoms with Gasteiger partial charge >= 0.3 is 0 Å². The number of amides is 1. The summed E-state index contributed by atoms with van der Waals surface area (Å²) in [5, 5.41) is 3.01. The highest BCUT2D eigenvalue weighted by Gasteiger charge is 2.47. The minimum atomic E-state index is -0.0808. The highest BCUT2D eigenvalue weighted by molar-refractivity contribution is 5.77. The highest BCUT2D eigenvalue weighted by atomic mass is 16.5. The third-order valence-electron chi connectivity index (χ3n) is 4.81. The van der Waals surface area contributed by atoms with Crippen molar-refractivity contribution in [2.24, 2.45) is 5.41 Å². The van der Waals surface area contributed by atoms with Gasteiger partial charge in [0.15, 0.2) is 6.61 Å². The maximum absolute atomic E-state index is 12.0. The van der Waals surface area contributed by atoms with Gasteiger partial charge in [0.05, 0.1) is 13.2 Å². The molecule has 1 aliphatic carbocycles. The van der Waals surface area contributed by atoms with Gasteiger partial charge in [-0.05, 0) is 43.5 Å². The first kappa shape index (κ1) is 15.2. The lowest BCUT2D eigenvalue weighted by molar-refractivity contribution is -0.123. The SMILES string of the molecule is COc1ccc(OCC(=O)NC[C@]23CCC[C@H]2OCC3)cc1. The van der Waals surface area contributed by atoms with Crippen LogP contribution in [0.2, 0.25) is 0 Å². The molecule has 5 nitrogen and oxygen atoms in total. The first-order chi connectivity index (χ1) is 10.7. The number of fused-ring (bicyclic) bond motifs is 1. The molecule has 2 aliphatic rings. The molecule has 120 valence electrons. The molecule has 1 amide bonds. The van der Waals surface area contributed by atoms with E-state index >= 15 is 0 Å². The fraction of sp³-hybridized carbons (Fsp3) is 0.588. The Hall–Kier alpha value is -1.75. The van der Waals surface area contributed by atoms with Crippen LogP contribution in [-0.4, -0.2) is 38.9 Å². The van der Waals surface area contributed by atoms with E-state index in [2.05, 4.69) is 5.32 Å². The monoisotopic (exact) mass is 305 g/mol. The number of nitrogens with one attached hydrogen (secondary N) is 1. The van der Waals surface area contributed by atoms with Gasteiger partial charge in [0, 0.05) is 18.6 Å². The Labute approximate surface area is 130 Å². The van der Waals surface area contributed by atoms with Gasteiger partial charge in [-0.25, -0.2) is 0 Å². The Kier molecular flexibility index (Phi) is 4.52. The van der Waals surface area contributed by atoms with Crippen molar-refractivity contribution >= 4 is 5.91 Å². The van der Waals surface area contributed by atoms with Crippen molar-refractivity contribution in [3.63, 3.8) is 0 Å². The number of hydrogen-bond donors (Lipinski definition) is 1. The van der Waals surface area contributed by atoms with E-state index in [1.165, 1.54) is 6.42 Å². The summed E-state index contributed by atoms with van der Waals surface area (Å²) in [6, 6.07) is 7.21. The first-order valence-corrected chi connectivity index (χ1v) is 7.87. The molecule has 0 unspecified atom stereocenters. The van der Waals surface area contributed by atoms with E-state index in [1.54, 1.807) is 19.2 Å². The zero-order chi connectivity index (χ0) is 15.4. The zero-order valence-corrected chi connectivity index (χ0v) is 13.0. The maximum atomic E-state index is 12.0. The van der Waals surface area contributed by atoms with Gasteiger partial charge in [-0.15, -0.1) is 0 Å². The Morgan fingerprint density at radius 2 is 2.09 bits per heavy atom. The molecular formula is C17H23NO4. The Bertz CT molecular complexity index is 504. The number of rotatable bonds is 6. The van der Waals surface area contributed by atoms with Crippen molar-refractivity contribution in [2.75, 3.05) is 26.9 Å². The highest BCUT2D eigenvalue weighted by Crippen LogP contribution is 2.46. The number of carbonyl (C=O) groups excluding carboxylic acids is 1. The molecule has 3 rings (SSSR count). The third kappa shape index (κ3) is 3.19. The Balaban J connectivity index is 1.44. The van der Waals surface area contributed by atoms with Crippen LogP contribution >= 0.6 is 0 Å². The van der Waals surface area contributed by atoms with E-state index in [4.69, 9.17) is 14.2 Å². The Morgan fingerprint density at radius 3 is 2.86 bits per heavy atom. The summed E-state index contributed by atoms with van der Waals surface area (Å²) in [6.07, 6.45) is 4.85. The van der Waals surface area contributed by atoms with Crippen LogP contribution in [-0.2, 0) is 9.53 Å². The van der Waals surface area contributed by atoms with Gasteiger partial charge in [0.25, 0.3) is 5.91 Å². The molecule has 1 aromatic carbocycles. The fourth-order valence-corrected chi connectivity index (χ4v) is 3.49. The van der Waals surface area contributed by atoms with Crippen LogP contribution in [0.5, 0.6) is 11.5 Å². The van der Waals surface area contributed by atoms with Gasteiger partial charge in [0.1, 0.15) is 11.5 Å². The third-order valence-corrected chi connectivity index (χ3v) is 4.81. The van der Waals surface area contributed by atoms with Gasteiger partial charge in [-0.2, -0.15) is 0 Å². The number of benzene rings is 1. The zero-order valence-electron chi connectivity index (χ0n) is 13.0. The van der Waals surface area contributed by atoms with Crippen LogP contribution in [0.15, 0.2) is 24.3 Å². The molecule has 1 heterocycles. The quantitative estimate of drug-likeness (QED) is 0.875. The van der Waals surface area contributed by atoms with Crippen LogP contribution in [0.3, 0.4) is 0 Å². The smallest absolute Gasteiger partial charge is 0.257 e. The standard InChI is InChI=1S/C17H23NO4/c1-20-13-4-6-14(7-5-13)22-11-16(19)18-12-17-8-2-3-15(17)21-10-9-17/h4-7,15H,2-3,8-12H2,1H3,(H,18,19)/t15-,17-/m1/s1. The van der Waals surface area contributed by atoms with E-state index in [9.17, 15) is 4.79 Å². The lowest BCUT2D eigenvalue weighted by atomic mass is 9.83. The molecule has 1 aliphatic heterocycles. The molecule has 2 atom stereocenters. The molecule has 0 radical (unpaired) electrons. The predicted molar refractivity (Wildman–Crippen MR) is 82.1 cm³/mol. The van der Waals surface area contributed by atoms with Crippen LogP contribution in [0.25, 0.3) is 0 Å². The van der Waals surface area contributed by atoms with Gasteiger partial charge in [-0.3, -0.25) is 4.79 Å². The average Bonchev–Trinajstić information content (AvgIpc) is 3.11. The van der Waals surface area contributed by atoms with Crippen LogP contribution in [0.4, 0.5) is 0 Å². The summed E-state index contributed by atoms with van der Waals surface area (Å²) < 4.78 is 16.3. The molecule has 0 aromatic heterocycles. The number of hydrogen-bond acceptors (Lipinski definition) is 4. The summed E-state index contributed by atoms with van der Waals surface area (Å²) in [7, 11) is 1.62. The minimum absolute atomic E-state index is 0.0356. The van der Waals surface area contributed by atoms with Gasteiger partial charge < -0.3 is 19.5 Å². The second-order valence-electron chi connectivity index (χ2n) is 6.10. The van der Waals surface area contributed by atoms with Crippen LogP contribution in [0, 0.1) is 5.41 Å². The largest absolute Gasteiger partial charge is 0.497 e. The summed E-state index contributed by atoms with van der Waals surface area (Å²) in [5.74, 6) is 1.35. The molecule has 1 saturated carbocycles. The number of methoxy groups -OCH3 is 1. The second kappa shape index (κ2) is 6.57. The summed E-state index contributed by atoms with van der Waals surface area (Å²) in [6.45, 7) is 1.55. The molecular weight excluding hydrogens is 282 g/mol. The van der Waals surface area contributed by atoms with Crippen molar-refractivity contribution in [1.82, 2.24) is 5.32 Å². The molecule has 1 N–H and O–H groups in total. The van der Waals surface area contributed by atoms with Gasteiger partial charge in [-0.1, -0.05) is 6.42 Å². The van der Waals surface area contributed by atoms with Crippen molar-refractivity contribution < 1.29 is 19.0 Å². The van der Waals surface area contributed by atoms with Crippen molar-refractivity contribution in [2.45, 2.75) is 31.8 Å². The summed E-state index contributed by atoms with van der Waals surface area (Å²) in [4.78, 5) is 12.0. The van der Waals surface area contributed by atoms with E-state index in [1.807, 2.05) is 12.1 Å².